The second kappa shape index (κ2) is 6.23. The van der Waals surface area contributed by atoms with Gasteiger partial charge in [-0.25, -0.2) is 4.98 Å². The molecule has 1 aromatic heterocycles. The van der Waals surface area contributed by atoms with Crippen LogP contribution < -0.4 is 5.56 Å². The normalized spacial score (nSPS) is 22.5. The lowest BCUT2D eigenvalue weighted by atomic mass is 9.95. The highest BCUT2D eigenvalue weighted by Crippen LogP contribution is 2.35. The van der Waals surface area contributed by atoms with Crippen LogP contribution in [0.5, 0.6) is 0 Å². The van der Waals surface area contributed by atoms with Crippen molar-refractivity contribution in [2.75, 3.05) is 6.54 Å². The molecule has 22 heavy (non-hydrogen) atoms. The van der Waals surface area contributed by atoms with Gasteiger partial charge < -0.3 is 9.88 Å². The number of H-pyrrole nitrogens is 1. The summed E-state index contributed by atoms with van der Waals surface area (Å²) in [6.45, 7) is 4.41. The molecule has 5 nitrogen and oxygen atoms in total. The van der Waals surface area contributed by atoms with Crippen molar-refractivity contribution in [1.29, 1.82) is 0 Å². The summed E-state index contributed by atoms with van der Waals surface area (Å²) < 4.78 is 0. The summed E-state index contributed by atoms with van der Waals surface area (Å²) in [6, 6.07) is 0.396. The zero-order chi connectivity index (χ0) is 15.7. The molecule has 1 amide bonds. The average molecular weight is 303 g/mol. The number of aromatic amines is 1. The molecule has 1 aromatic rings. The van der Waals surface area contributed by atoms with Crippen molar-refractivity contribution in [3.8, 4) is 0 Å². The van der Waals surface area contributed by atoms with Crippen LogP contribution in [0.3, 0.4) is 0 Å². The molecule has 0 bridgehead atoms. The third kappa shape index (κ3) is 2.94. The van der Waals surface area contributed by atoms with E-state index in [1.807, 2.05) is 11.8 Å². The number of nitrogens with one attached hydrogen (secondary N) is 1. The molecular weight excluding hydrogens is 278 g/mol. The topological polar surface area (TPSA) is 66.1 Å². The predicted molar refractivity (Wildman–Crippen MR) is 84.7 cm³/mol. The standard InChI is InChI=1S/C17H25N3O2/c1-11-14(17(22)19-12(2)18-11)10-16(21)20-9-5-8-15(20)13-6-3-4-7-13/h13,15H,3-10H2,1-2H3,(H,18,19,22). The first kappa shape index (κ1) is 15.3. The number of hydrogen-bond donors (Lipinski definition) is 1. The predicted octanol–water partition coefficient (Wildman–Crippen LogP) is 2.11. The quantitative estimate of drug-likeness (QED) is 0.930. The van der Waals surface area contributed by atoms with Gasteiger partial charge in [-0.15, -0.1) is 0 Å². The van der Waals surface area contributed by atoms with E-state index in [4.69, 9.17) is 0 Å². The molecule has 0 spiro atoms. The fourth-order valence-electron chi connectivity index (χ4n) is 4.15. The van der Waals surface area contributed by atoms with Gasteiger partial charge in [-0.05, 0) is 45.4 Å². The summed E-state index contributed by atoms with van der Waals surface area (Å²) in [5.74, 6) is 1.36. The third-order valence-electron chi connectivity index (χ3n) is 5.23. The minimum absolute atomic E-state index is 0.0913. The van der Waals surface area contributed by atoms with E-state index in [1.54, 1.807) is 6.92 Å². The van der Waals surface area contributed by atoms with E-state index in [-0.39, 0.29) is 17.9 Å². The summed E-state index contributed by atoms with van der Waals surface area (Å²) in [5.41, 5.74) is 1.02. The van der Waals surface area contributed by atoms with Gasteiger partial charge in [0.05, 0.1) is 6.42 Å². The summed E-state index contributed by atoms with van der Waals surface area (Å²) in [4.78, 5) is 33.8. The second-order valence-corrected chi connectivity index (χ2v) is 6.73. The van der Waals surface area contributed by atoms with Crippen LogP contribution >= 0.6 is 0 Å². The third-order valence-corrected chi connectivity index (χ3v) is 5.23. The van der Waals surface area contributed by atoms with Crippen LogP contribution in [0.2, 0.25) is 0 Å². The monoisotopic (exact) mass is 303 g/mol. The van der Waals surface area contributed by atoms with Crippen LogP contribution in [0, 0.1) is 19.8 Å². The Kier molecular flexibility index (Phi) is 4.32. The van der Waals surface area contributed by atoms with Gasteiger partial charge in [0, 0.05) is 23.8 Å². The van der Waals surface area contributed by atoms with Crippen molar-refractivity contribution in [2.45, 2.75) is 64.8 Å². The first-order chi connectivity index (χ1) is 10.6. The molecule has 0 radical (unpaired) electrons. The van der Waals surface area contributed by atoms with Crippen LogP contribution in [0.25, 0.3) is 0 Å². The van der Waals surface area contributed by atoms with Gasteiger partial charge in [0.2, 0.25) is 5.91 Å². The number of nitrogens with zero attached hydrogens (tertiary/aromatic N) is 2. The molecule has 1 atom stereocenters. The Morgan fingerprint density at radius 3 is 2.64 bits per heavy atom. The van der Waals surface area contributed by atoms with Gasteiger partial charge in [0.1, 0.15) is 5.82 Å². The van der Waals surface area contributed by atoms with Crippen molar-refractivity contribution >= 4 is 5.91 Å². The maximum absolute atomic E-state index is 12.7. The molecule has 0 aromatic carbocycles. The Morgan fingerprint density at radius 2 is 1.95 bits per heavy atom. The molecule has 2 heterocycles. The van der Waals surface area contributed by atoms with E-state index in [0.717, 1.165) is 19.4 Å². The molecular formula is C17H25N3O2. The van der Waals surface area contributed by atoms with Crippen LogP contribution in [0.1, 0.15) is 55.6 Å². The van der Waals surface area contributed by atoms with Crippen LogP contribution in [-0.4, -0.2) is 33.4 Å². The van der Waals surface area contributed by atoms with Crippen molar-refractivity contribution in [3.63, 3.8) is 0 Å². The van der Waals surface area contributed by atoms with Crippen molar-refractivity contribution < 1.29 is 4.79 Å². The molecule has 2 aliphatic rings. The van der Waals surface area contributed by atoms with E-state index in [1.165, 1.54) is 25.7 Å². The zero-order valence-corrected chi connectivity index (χ0v) is 13.5. The van der Waals surface area contributed by atoms with Gasteiger partial charge in [-0.2, -0.15) is 0 Å². The lowest BCUT2D eigenvalue weighted by Gasteiger charge is -2.29. The highest BCUT2D eigenvalue weighted by Gasteiger charge is 2.36. The van der Waals surface area contributed by atoms with Gasteiger partial charge >= 0.3 is 0 Å². The van der Waals surface area contributed by atoms with Crippen molar-refractivity contribution in [1.82, 2.24) is 14.9 Å². The Morgan fingerprint density at radius 1 is 1.23 bits per heavy atom. The lowest BCUT2D eigenvalue weighted by molar-refractivity contribution is -0.132. The number of aromatic nitrogens is 2. The summed E-state index contributed by atoms with van der Waals surface area (Å²) in [6.07, 6.45) is 7.48. The lowest BCUT2D eigenvalue weighted by Crippen LogP contribution is -2.41. The van der Waals surface area contributed by atoms with E-state index >= 15 is 0 Å². The minimum atomic E-state index is -0.171. The SMILES string of the molecule is Cc1nc(C)c(CC(=O)N2CCCC2C2CCCC2)c(=O)[nH]1. The number of rotatable bonds is 3. The molecule has 3 rings (SSSR count). The molecule has 2 fully saturated rings. The number of likely N-dealkylation sites (tertiary alicyclic amines) is 1. The minimum Gasteiger partial charge on any atom is -0.339 e. The maximum Gasteiger partial charge on any atom is 0.254 e. The van der Waals surface area contributed by atoms with Crippen molar-refractivity contribution in [2.24, 2.45) is 5.92 Å². The van der Waals surface area contributed by atoms with Crippen LogP contribution in [0.15, 0.2) is 4.79 Å². The Bertz CT molecular complexity index is 617. The zero-order valence-electron chi connectivity index (χ0n) is 13.5. The Balaban J connectivity index is 1.75. The largest absolute Gasteiger partial charge is 0.339 e. The number of carbonyl (C=O) groups is 1. The number of carbonyl (C=O) groups excluding carboxylic acids is 1. The number of amides is 1. The summed E-state index contributed by atoms with van der Waals surface area (Å²) in [7, 11) is 0. The molecule has 1 aliphatic carbocycles. The molecule has 1 unspecified atom stereocenters. The number of aryl methyl sites for hydroxylation is 2. The average Bonchev–Trinajstić information content (AvgIpc) is 3.11. The Hall–Kier alpha value is -1.65. The van der Waals surface area contributed by atoms with Gasteiger partial charge in [-0.1, -0.05) is 12.8 Å². The van der Waals surface area contributed by atoms with Crippen LogP contribution in [-0.2, 0) is 11.2 Å². The van der Waals surface area contributed by atoms with Crippen LogP contribution in [0.4, 0.5) is 0 Å². The second-order valence-electron chi connectivity index (χ2n) is 6.73. The van der Waals surface area contributed by atoms with E-state index < -0.39 is 0 Å². The van der Waals surface area contributed by atoms with Crippen molar-refractivity contribution in [3.05, 3.63) is 27.4 Å². The van der Waals surface area contributed by atoms with E-state index in [2.05, 4.69) is 9.97 Å². The molecule has 1 aliphatic heterocycles. The Labute approximate surface area is 131 Å². The smallest absolute Gasteiger partial charge is 0.254 e. The summed E-state index contributed by atoms with van der Waals surface area (Å²) >= 11 is 0. The fraction of sp³-hybridized carbons (Fsp3) is 0.706. The van der Waals surface area contributed by atoms with Gasteiger partial charge in [0.25, 0.3) is 5.56 Å². The van der Waals surface area contributed by atoms with Gasteiger partial charge in [-0.3, -0.25) is 9.59 Å². The van der Waals surface area contributed by atoms with E-state index in [9.17, 15) is 9.59 Å². The summed E-state index contributed by atoms with van der Waals surface area (Å²) in [5, 5.41) is 0. The molecule has 120 valence electrons. The molecule has 5 heteroatoms. The van der Waals surface area contributed by atoms with Gasteiger partial charge in [0.15, 0.2) is 0 Å². The fourth-order valence-corrected chi connectivity index (χ4v) is 4.15. The molecule has 1 N–H and O–H groups in total. The highest BCUT2D eigenvalue weighted by molar-refractivity contribution is 5.79. The molecule has 1 saturated heterocycles. The molecule has 1 saturated carbocycles. The number of hydrogen-bond acceptors (Lipinski definition) is 3. The maximum atomic E-state index is 12.7. The highest BCUT2D eigenvalue weighted by atomic mass is 16.2. The van der Waals surface area contributed by atoms with E-state index in [0.29, 0.717) is 29.0 Å². The first-order valence-corrected chi connectivity index (χ1v) is 8.42. The first-order valence-electron chi connectivity index (χ1n) is 8.42.